The lowest BCUT2D eigenvalue weighted by Gasteiger charge is -2.42. The minimum atomic E-state index is -1.57. The average Bonchev–Trinajstić information content (AvgIpc) is 2.55. The van der Waals surface area contributed by atoms with Crippen LogP contribution in [0.3, 0.4) is 0 Å². The lowest BCUT2D eigenvalue weighted by molar-refractivity contribution is -0.146. The van der Waals surface area contributed by atoms with Crippen LogP contribution in [0.1, 0.15) is 22.8 Å². The number of amides is 1. The van der Waals surface area contributed by atoms with Crippen LogP contribution in [-0.4, -0.2) is 80.6 Å². The highest BCUT2D eigenvalue weighted by molar-refractivity contribution is 6.41. The number of carboxylic acid groups (broad SMARTS) is 1. The number of aromatic carboxylic acids is 1. The number of carbonyl (C=O) groups is 2. The van der Waals surface area contributed by atoms with E-state index in [1.54, 1.807) is 0 Å². The van der Waals surface area contributed by atoms with Crippen LogP contribution in [-0.2, 0) is 11.2 Å². The maximum absolute atomic E-state index is 12.1. The number of carbonyl (C=O) groups excluding carboxylic acids is 1. The van der Waals surface area contributed by atoms with Gasteiger partial charge >= 0.3 is 13.1 Å². The highest BCUT2D eigenvalue weighted by atomic mass is 16.5. The summed E-state index contributed by atoms with van der Waals surface area (Å²) in [4.78, 5) is 25.0. The van der Waals surface area contributed by atoms with Crippen LogP contribution in [0.15, 0.2) is 12.1 Å². The van der Waals surface area contributed by atoms with Crippen molar-refractivity contribution in [3.05, 3.63) is 23.3 Å². The molecule has 1 aliphatic rings. The van der Waals surface area contributed by atoms with Gasteiger partial charge in [-0.05, 0) is 31.3 Å². The summed E-state index contributed by atoms with van der Waals surface area (Å²) in [6, 6.07) is 2.83. The summed E-state index contributed by atoms with van der Waals surface area (Å²) >= 11 is 0. The van der Waals surface area contributed by atoms with Crippen LogP contribution in [0.5, 0.6) is 11.5 Å². The van der Waals surface area contributed by atoms with Gasteiger partial charge in [0.2, 0.25) is 5.91 Å². The minimum absolute atomic E-state index is 0.0527. The van der Waals surface area contributed by atoms with Crippen molar-refractivity contribution in [3.63, 3.8) is 0 Å². The lowest BCUT2D eigenvalue weighted by Crippen LogP contribution is -2.64. The zero-order valence-electron chi connectivity index (χ0n) is 14.8. The number of hydrogen-bond donors (Lipinski definition) is 6. The maximum Gasteiger partial charge on any atom is 0.451 e. The largest absolute Gasteiger partial charge is 0.507 e. The summed E-state index contributed by atoms with van der Waals surface area (Å²) in [7, 11) is -1.57. The molecule has 0 bridgehead atoms. The number of phenols is 1. The summed E-state index contributed by atoms with van der Waals surface area (Å²) in [6.07, 6.45) is -0.465. The Balaban J connectivity index is 2.08. The number of nitrogens with zero attached hydrogens (tertiary/aromatic N) is 1. The number of hydrogen-bond acceptors (Lipinski definition) is 8. The first kappa shape index (κ1) is 21.0. The van der Waals surface area contributed by atoms with Crippen molar-refractivity contribution < 1.29 is 39.7 Å². The van der Waals surface area contributed by atoms with Gasteiger partial charge in [0.05, 0.1) is 19.7 Å². The van der Waals surface area contributed by atoms with E-state index in [9.17, 15) is 19.8 Å². The zero-order chi connectivity index (χ0) is 20.4. The van der Waals surface area contributed by atoms with Gasteiger partial charge in [0.1, 0.15) is 28.7 Å². The molecule has 0 radical (unpaired) electrons. The van der Waals surface area contributed by atoms with Crippen molar-refractivity contribution in [2.75, 3.05) is 19.7 Å². The minimum Gasteiger partial charge on any atom is -0.507 e. The van der Waals surface area contributed by atoms with E-state index in [4.69, 9.17) is 25.6 Å². The molecule has 1 aliphatic heterocycles. The zero-order valence-corrected chi connectivity index (χ0v) is 14.8. The van der Waals surface area contributed by atoms with Gasteiger partial charge < -0.3 is 40.7 Å². The quantitative estimate of drug-likeness (QED) is 0.290. The van der Waals surface area contributed by atoms with Crippen molar-refractivity contribution in [3.8, 4) is 11.5 Å². The molecule has 1 aromatic carbocycles. The Morgan fingerprint density at radius 1 is 1.37 bits per heavy atom. The molecular weight excluding hydrogens is 359 g/mol. The highest BCUT2D eigenvalue weighted by Gasteiger charge is 2.40. The lowest BCUT2D eigenvalue weighted by atomic mass is 9.82. The smallest absolute Gasteiger partial charge is 0.451 e. The monoisotopic (exact) mass is 382 g/mol. The molecule has 1 amide bonds. The number of aromatic hydroxyl groups is 1. The third-order valence-electron chi connectivity index (χ3n) is 4.35. The predicted molar refractivity (Wildman–Crippen MR) is 94.4 cm³/mol. The second-order valence-corrected chi connectivity index (χ2v) is 6.80. The molecule has 1 aromatic rings. The van der Waals surface area contributed by atoms with Gasteiger partial charge in [-0.15, -0.1) is 0 Å². The average molecular weight is 382 g/mol. The number of aliphatic hydroxyl groups excluding tert-OH is 1. The Bertz CT molecular complexity index is 719. The van der Waals surface area contributed by atoms with Gasteiger partial charge in [0, 0.05) is 0 Å². The number of aliphatic hydroxyl groups is 1. The predicted octanol–water partition coefficient (Wildman–Crippen LogP) is -1.59. The highest BCUT2D eigenvalue weighted by Crippen LogP contribution is 2.34. The third-order valence-corrected chi connectivity index (χ3v) is 4.35. The van der Waals surface area contributed by atoms with Gasteiger partial charge in [-0.2, -0.15) is 0 Å². The van der Waals surface area contributed by atoms with E-state index < -0.39 is 48.6 Å². The summed E-state index contributed by atoms with van der Waals surface area (Å²) in [5.74, 6) is -2.38. The van der Waals surface area contributed by atoms with E-state index in [1.807, 2.05) is 0 Å². The molecule has 2 rings (SSSR count). The fraction of sp³-hybridized carbons (Fsp3) is 0.500. The standard InChI is InChI=1S/C16H23BN2O8/c1-16(18,8-20)15(24)19-6-10(7-19)27-11-3-2-9(4-5-17(25)26)13(21)12(11)14(22)23/h2-3,10,20-21,25-26H,4-8,18H2,1H3,(H,22,23)/t16-/m0/s1. The molecule has 0 spiro atoms. The van der Waals surface area contributed by atoms with E-state index in [-0.39, 0.29) is 37.1 Å². The van der Waals surface area contributed by atoms with Crippen LogP contribution < -0.4 is 10.5 Å². The molecule has 1 atom stereocenters. The van der Waals surface area contributed by atoms with Crippen LogP contribution in [0, 0.1) is 0 Å². The summed E-state index contributed by atoms with van der Waals surface area (Å²) in [5.41, 5.74) is 4.12. The van der Waals surface area contributed by atoms with Gasteiger partial charge in [-0.25, -0.2) is 4.79 Å². The molecule has 7 N–H and O–H groups in total. The molecule has 0 aliphatic carbocycles. The van der Waals surface area contributed by atoms with Gasteiger partial charge in [0.25, 0.3) is 0 Å². The molecule has 1 fully saturated rings. The number of carboxylic acids is 1. The molecule has 0 saturated carbocycles. The van der Waals surface area contributed by atoms with Gasteiger partial charge in [-0.3, -0.25) is 4.79 Å². The van der Waals surface area contributed by atoms with Crippen molar-refractivity contribution in [1.29, 1.82) is 0 Å². The molecule has 148 valence electrons. The molecule has 11 heteroatoms. The van der Waals surface area contributed by atoms with Crippen LogP contribution >= 0.6 is 0 Å². The summed E-state index contributed by atoms with van der Waals surface area (Å²) < 4.78 is 5.59. The number of benzene rings is 1. The van der Waals surface area contributed by atoms with E-state index in [0.29, 0.717) is 0 Å². The topological polar surface area (TPSA) is 174 Å². The molecule has 0 aromatic heterocycles. The van der Waals surface area contributed by atoms with E-state index in [2.05, 4.69) is 0 Å². The van der Waals surface area contributed by atoms with E-state index in [1.165, 1.54) is 24.0 Å². The van der Waals surface area contributed by atoms with Gasteiger partial charge in [0.15, 0.2) is 0 Å². The maximum atomic E-state index is 12.1. The Labute approximate surface area is 155 Å². The third kappa shape index (κ3) is 4.69. The van der Waals surface area contributed by atoms with Crippen molar-refractivity contribution in [2.24, 2.45) is 5.73 Å². The Morgan fingerprint density at radius 2 is 2.00 bits per heavy atom. The molecule has 27 heavy (non-hydrogen) atoms. The number of likely N-dealkylation sites (tertiary alicyclic amines) is 1. The second kappa shape index (κ2) is 8.13. The van der Waals surface area contributed by atoms with E-state index in [0.717, 1.165) is 0 Å². The van der Waals surface area contributed by atoms with Crippen LogP contribution in [0.4, 0.5) is 0 Å². The molecule has 0 unspecified atom stereocenters. The van der Waals surface area contributed by atoms with E-state index >= 15 is 0 Å². The fourth-order valence-electron chi connectivity index (χ4n) is 2.69. The molecule has 1 saturated heterocycles. The number of nitrogens with two attached hydrogens (primary N) is 1. The summed E-state index contributed by atoms with van der Waals surface area (Å²) in [6.45, 7) is 1.24. The molecule has 1 heterocycles. The van der Waals surface area contributed by atoms with Crippen LogP contribution in [0.2, 0.25) is 6.32 Å². The molecule has 10 nitrogen and oxygen atoms in total. The SMILES string of the molecule is C[C@](N)(CO)C(=O)N1CC(Oc2ccc(CCB(O)O)c(O)c2C(=O)O)C1. The van der Waals surface area contributed by atoms with Crippen LogP contribution in [0.25, 0.3) is 0 Å². The van der Waals surface area contributed by atoms with Crippen molar-refractivity contribution in [1.82, 2.24) is 4.90 Å². The Morgan fingerprint density at radius 3 is 2.52 bits per heavy atom. The van der Waals surface area contributed by atoms with Gasteiger partial charge in [-0.1, -0.05) is 6.07 Å². The Hall–Kier alpha value is -2.34. The first-order chi connectivity index (χ1) is 12.6. The second-order valence-electron chi connectivity index (χ2n) is 6.80. The first-order valence-corrected chi connectivity index (χ1v) is 8.37. The van der Waals surface area contributed by atoms with Crippen molar-refractivity contribution >= 4 is 19.0 Å². The normalized spacial score (nSPS) is 16.4. The van der Waals surface area contributed by atoms with Crippen molar-refractivity contribution in [2.45, 2.75) is 31.3 Å². The fourth-order valence-corrected chi connectivity index (χ4v) is 2.69. The summed E-state index contributed by atoms with van der Waals surface area (Å²) in [5, 5.41) is 46.6. The number of aryl methyl sites for hydroxylation is 1. The number of ether oxygens (including phenoxy) is 1. The first-order valence-electron chi connectivity index (χ1n) is 8.37. The Kier molecular flexibility index (Phi) is 6.32. The molecular formula is C16H23BN2O8. The number of rotatable bonds is 8.